The molecule has 0 saturated heterocycles. The third-order valence-electron chi connectivity index (χ3n) is 3.52. The second-order valence-corrected chi connectivity index (χ2v) is 9.21. The summed E-state index contributed by atoms with van der Waals surface area (Å²) in [5.74, 6) is -3.86. The van der Waals surface area contributed by atoms with Crippen molar-refractivity contribution in [3.63, 3.8) is 0 Å². The molecule has 0 radical (unpaired) electrons. The van der Waals surface area contributed by atoms with Crippen LogP contribution in [-0.4, -0.2) is 21.6 Å². The van der Waals surface area contributed by atoms with Crippen molar-refractivity contribution >= 4 is 17.6 Å². The van der Waals surface area contributed by atoms with E-state index in [-0.39, 0.29) is 13.2 Å². The zero-order chi connectivity index (χ0) is 20.1. The smallest absolute Gasteiger partial charge is 0.308 e. The summed E-state index contributed by atoms with van der Waals surface area (Å²) in [6.07, 6.45) is 0. The van der Waals surface area contributed by atoms with E-state index in [1.54, 1.807) is 44.2 Å². The van der Waals surface area contributed by atoms with Crippen LogP contribution in [0.3, 0.4) is 0 Å². The zero-order valence-electron chi connectivity index (χ0n) is 14.8. The van der Waals surface area contributed by atoms with Gasteiger partial charge in [0, 0.05) is 0 Å². The number of nitrogens with one attached hydrogen (secondary N) is 1. The van der Waals surface area contributed by atoms with Crippen LogP contribution in [0.1, 0.15) is 25.2 Å². The lowest BCUT2D eigenvalue weighted by atomic mass is 10.2. The Morgan fingerprint density at radius 2 is 1.59 bits per heavy atom. The maximum absolute atomic E-state index is 13.5. The van der Waals surface area contributed by atoms with Crippen LogP contribution in [0.25, 0.3) is 0 Å². The fourth-order valence-corrected chi connectivity index (χ4v) is 5.99. The van der Waals surface area contributed by atoms with E-state index in [0.29, 0.717) is 17.7 Å². The Morgan fingerprint density at radius 3 is 2.11 bits per heavy atom. The largest absolute Gasteiger partial charge is 0.352 e. The molecule has 2 rings (SSSR count). The molecule has 0 heterocycles. The molecule has 1 N–H and O–H groups in total. The SMILES string of the molecule is CCOP(=O)(OCC)C(NS(=O)(=O)c1ccc(F)c(F)c1)c1ccccc1. The molecule has 0 bridgehead atoms. The lowest BCUT2D eigenvalue weighted by molar-refractivity contribution is 0.210. The quantitative estimate of drug-likeness (QED) is 0.616. The van der Waals surface area contributed by atoms with Crippen LogP contribution in [0.2, 0.25) is 0 Å². The highest BCUT2D eigenvalue weighted by molar-refractivity contribution is 7.89. The van der Waals surface area contributed by atoms with Crippen molar-refractivity contribution in [2.24, 2.45) is 0 Å². The van der Waals surface area contributed by atoms with Crippen molar-refractivity contribution in [3.05, 3.63) is 65.7 Å². The summed E-state index contributed by atoms with van der Waals surface area (Å²) >= 11 is 0. The first-order valence-electron chi connectivity index (χ1n) is 8.14. The number of halogens is 2. The van der Waals surface area contributed by atoms with Crippen LogP contribution in [0.5, 0.6) is 0 Å². The Balaban J connectivity index is 2.50. The molecule has 0 aliphatic carbocycles. The van der Waals surface area contributed by atoms with E-state index >= 15 is 0 Å². The molecule has 6 nitrogen and oxygen atoms in total. The average molecular weight is 419 g/mol. The highest BCUT2D eigenvalue weighted by atomic mass is 32.2. The van der Waals surface area contributed by atoms with Crippen molar-refractivity contribution in [1.29, 1.82) is 0 Å². The van der Waals surface area contributed by atoms with Crippen LogP contribution < -0.4 is 4.72 Å². The van der Waals surface area contributed by atoms with Gasteiger partial charge in [-0.3, -0.25) is 4.57 Å². The Labute approximate surface area is 157 Å². The molecule has 0 saturated carbocycles. The van der Waals surface area contributed by atoms with Crippen molar-refractivity contribution in [1.82, 2.24) is 4.72 Å². The average Bonchev–Trinajstić information content (AvgIpc) is 2.63. The predicted molar refractivity (Wildman–Crippen MR) is 96.7 cm³/mol. The number of benzene rings is 2. The fourth-order valence-electron chi connectivity index (χ4n) is 2.36. The first-order chi connectivity index (χ1) is 12.7. The summed E-state index contributed by atoms with van der Waals surface area (Å²) in [6.45, 7) is 3.23. The molecule has 0 aliphatic heterocycles. The van der Waals surface area contributed by atoms with Crippen LogP contribution in [0, 0.1) is 11.6 Å². The normalized spacial score (nSPS) is 13.5. The topological polar surface area (TPSA) is 81.7 Å². The van der Waals surface area contributed by atoms with Gasteiger partial charge in [0.25, 0.3) is 0 Å². The summed E-state index contributed by atoms with van der Waals surface area (Å²) in [7, 11) is -8.30. The molecule has 0 amide bonds. The lowest BCUT2D eigenvalue weighted by Crippen LogP contribution is -2.30. The summed E-state index contributed by atoms with van der Waals surface area (Å²) in [6, 6.07) is 10.3. The summed E-state index contributed by atoms with van der Waals surface area (Å²) in [5, 5.41) is 0. The van der Waals surface area contributed by atoms with E-state index < -0.39 is 39.9 Å². The second-order valence-electron chi connectivity index (χ2n) is 5.39. The summed E-state index contributed by atoms with van der Waals surface area (Å²) in [5.41, 5.74) is 0.342. The lowest BCUT2D eigenvalue weighted by Gasteiger charge is -2.27. The molecule has 2 aromatic carbocycles. The Hall–Kier alpha value is -1.64. The van der Waals surface area contributed by atoms with Gasteiger partial charge in [-0.05, 0) is 37.6 Å². The third-order valence-corrected chi connectivity index (χ3v) is 7.41. The molecule has 1 unspecified atom stereocenters. The van der Waals surface area contributed by atoms with Gasteiger partial charge >= 0.3 is 7.60 Å². The van der Waals surface area contributed by atoms with Crippen LogP contribution in [0.15, 0.2) is 53.4 Å². The maximum atomic E-state index is 13.5. The minimum Gasteiger partial charge on any atom is -0.308 e. The van der Waals surface area contributed by atoms with Gasteiger partial charge in [0.1, 0.15) is 5.78 Å². The van der Waals surface area contributed by atoms with Gasteiger partial charge in [0.2, 0.25) is 10.0 Å². The Morgan fingerprint density at radius 1 is 1.00 bits per heavy atom. The second kappa shape index (κ2) is 9.03. The summed E-state index contributed by atoms with van der Waals surface area (Å²) < 4.78 is 78.1. The van der Waals surface area contributed by atoms with Gasteiger partial charge in [-0.25, -0.2) is 17.2 Å². The Bertz CT molecular complexity index is 914. The molecule has 2 aromatic rings. The van der Waals surface area contributed by atoms with Gasteiger partial charge < -0.3 is 9.05 Å². The molecule has 0 spiro atoms. The van der Waals surface area contributed by atoms with Crippen molar-refractivity contribution < 1.29 is 30.8 Å². The van der Waals surface area contributed by atoms with Crippen LogP contribution in [0.4, 0.5) is 8.78 Å². The van der Waals surface area contributed by atoms with Crippen molar-refractivity contribution in [3.8, 4) is 0 Å². The standard InChI is InChI=1S/C17H20F2NO5PS/c1-3-24-26(21,25-4-2)17(13-8-6-5-7-9-13)20-27(22,23)14-10-11-15(18)16(19)12-14/h5-12,17,20H,3-4H2,1-2H3. The molecule has 0 aromatic heterocycles. The van der Waals surface area contributed by atoms with Crippen molar-refractivity contribution in [2.75, 3.05) is 13.2 Å². The first kappa shape index (κ1) is 21.7. The van der Waals surface area contributed by atoms with E-state index in [2.05, 4.69) is 4.72 Å². The highest BCUT2D eigenvalue weighted by Crippen LogP contribution is 2.59. The molecule has 1 atom stereocenters. The van der Waals surface area contributed by atoms with Gasteiger partial charge in [0.05, 0.1) is 18.1 Å². The van der Waals surface area contributed by atoms with Crippen LogP contribution in [-0.2, 0) is 23.6 Å². The number of hydrogen-bond donors (Lipinski definition) is 1. The van der Waals surface area contributed by atoms with E-state index in [0.717, 1.165) is 6.07 Å². The third kappa shape index (κ3) is 5.21. The monoisotopic (exact) mass is 419 g/mol. The number of hydrogen-bond acceptors (Lipinski definition) is 5. The molecule has 27 heavy (non-hydrogen) atoms. The molecular formula is C17H20F2NO5PS. The minimum absolute atomic E-state index is 0.0213. The molecule has 10 heteroatoms. The maximum Gasteiger partial charge on any atom is 0.352 e. The van der Waals surface area contributed by atoms with Crippen molar-refractivity contribution in [2.45, 2.75) is 24.5 Å². The highest BCUT2D eigenvalue weighted by Gasteiger charge is 2.40. The summed E-state index contributed by atoms with van der Waals surface area (Å²) in [4.78, 5) is -0.512. The molecular weight excluding hydrogens is 399 g/mol. The number of rotatable bonds is 9. The van der Waals surface area contributed by atoms with Crippen LogP contribution >= 0.6 is 7.60 Å². The van der Waals surface area contributed by atoms with E-state index in [4.69, 9.17) is 9.05 Å². The van der Waals surface area contributed by atoms with E-state index in [9.17, 15) is 21.8 Å². The minimum atomic E-state index is -4.36. The van der Waals surface area contributed by atoms with Gasteiger partial charge in [-0.1, -0.05) is 30.3 Å². The van der Waals surface area contributed by atoms with E-state index in [1.165, 1.54) is 0 Å². The fraction of sp³-hybridized carbons (Fsp3) is 0.294. The predicted octanol–water partition coefficient (Wildman–Crippen LogP) is 4.21. The van der Waals surface area contributed by atoms with Gasteiger partial charge in [-0.2, -0.15) is 4.72 Å². The Kier molecular flexibility index (Phi) is 7.25. The van der Waals surface area contributed by atoms with Gasteiger partial charge in [0.15, 0.2) is 11.6 Å². The number of sulfonamides is 1. The molecule has 0 aliphatic rings. The zero-order valence-corrected chi connectivity index (χ0v) is 16.5. The van der Waals surface area contributed by atoms with E-state index in [1.807, 2.05) is 0 Å². The first-order valence-corrected chi connectivity index (χ1v) is 11.2. The molecule has 148 valence electrons. The van der Waals surface area contributed by atoms with Gasteiger partial charge in [-0.15, -0.1) is 0 Å². The molecule has 0 fully saturated rings.